The lowest BCUT2D eigenvalue weighted by Crippen LogP contribution is -2.37. The van der Waals surface area contributed by atoms with Crippen molar-refractivity contribution < 1.29 is 4.79 Å². The Hall–Kier alpha value is -1.56. The van der Waals surface area contributed by atoms with Crippen LogP contribution in [0.5, 0.6) is 0 Å². The molecule has 0 saturated carbocycles. The second-order valence-corrected chi connectivity index (χ2v) is 5.04. The van der Waals surface area contributed by atoms with Gasteiger partial charge in [-0.3, -0.25) is 9.48 Å². The number of nitrogens with zero attached hydrogens (tertiary/aromatic N) is 2. The molecule has 7 heteroatoms. The summed E-state index contributed by atoms with van der Waals surface area (Å²) in [4.78, 5) is 11.9. The SMILES string of the molecule is C[C@@H](CN)NC(=O)c1cnn(Cc2ccccc2Cl)c1.Cl. The Labute approximate surface area is 134 Å². The van der Waals surface area contributed by atoms with Crippen LogP contribution < -0.4 is 11.1 Å². The first-order valence-electron chi connectivity index (χ1n) is 6.37. The number of amides is 1. The second-order valence-electron chi connectivity index (χ2n) is 4.63. The first kappa shape index (κ1) is 17.5. The molecule has 2 aromatic rings. The maximum Gasteiger partial charge on any atom is 0.254 e. The summed E-state index contributed by atoms with van der Waals surface area (Å²) in [5.41, 5.74) is 6.94. The molecule has 1 heterocycles. The quantitative estimate of drug-likeness (QED) is 0.882. The molecule has 114 valence electrons. The van der Waals surface area contributed by atoms with Crippen molar-refractivity contribution in [2.75, 3.05) is 6.54 Å². The van der Waals surface area contributed by atoms with E-state index < -0.39 is 0 Å². The van der Waals surface area contributed by atoms with E-state index in [1.165, 1.54) is 6.20 Å². The molecule has 21 heavy (non-hydrogen) atoms. The van der Waals surface area contributed by atoms with Gasteiger partial charge in [0, 0.05) is 23.8 Å². The van der Waals surface area contributed by atoms with Crippen molar-refractivity contribution >= 4 is 29.9 Å². The van der Waals surface area contributed by atoms with E-state index >= 15 is 0 Å². The van der Waals surface area contributed by atoms with Crippen molar-refractivity contribution in [1.29, 1.82) is 0 Å². The fraction of sp³-hybridized carbons (Fsp3) is 0.286. The molecule has 0 bridgehead atoms. The van der Waals surface area contributed by atoms with Crippen LogP contribution in [0, 0.1) is 0 Å². The van der Waals surface area contributed by atoms with Crippen LogP contribution in [0.4, 0.5) is 0 Å². The van der Waals surface area contributed by atoms with Gasteiger partial charge in [-0.15, -0.1) is 12.4 Å². The summed E-state index contributed by atoms with van der Waals surface area (Å²) in [7, 11) is 0. The molecule has 5 nitrogen and oxygen atoms in total. The average Bonchev–Trinajstić information content (AvgIpc) is 2.90. The topological polar surface area (TPSA) is 72.9 Å². The van der Waals surface area contributed by atoms with Crippen LogP contribution in [0.1, 0.15) is 22.8 Å². The number of aromatic nitrogens is 2. The highest BCUT2D eigenvalue weighted by molar-refractivity contribution is 6.31. The lowest BCUT2D eigenvalue weighted by Gasteiger charge is -2.09. The number of benzene rings is 1. The normalized spacial score (nSPS) is 11.6. The van der Waals surface area contributed by atoms with Gasteiger partial charge in [0.05, 0.1) is 18.3 Å². The molecule has 1 amide bonds. The minimum absolute atomic E-state index is 0. The van der Waals surface area contributed by atoms with E-state index in [2.05, 4.69) is 10.4 Å². The van der Waals surface area contributed by atoms with Gasteiger partial charge in [-0.2, -0.15) is 5.10 Å². The summed E-state index contributed by atoms with van der Waals surface area (Å²) < 4.78 is 1.68. The molecule has 1 aromatic carbocycles. The van der Waals surface area contributed by atoms with E-state index in [1.54, 1.807) is 10.9 Å². The third kappa shape index (κ3) is 4.74. The van der Waals surface area contributed by atoms with E-state index in [0.29, 0.717) is 23.7 Å². The maximum absolute atomic E-state index is 11.9. The molecule has 0 unspecified atom stereocenters. The minimum Gasteiger partial charge on any atom is -0.348 e. The smallest absolute Gasteiger partial charge is 0.254 e. The van der Waals surface area contributed by atoms with Crippen LogP contribution in [0.25, 0.3) is 0 Å². The third-order valence-electron chi connectivity index (χ3n) is 2.92. The van der Waals surface area contributed by atoms with Crippen molar-refractivity contribution in [1.82, 2.24) is 15.1 Å². The minimum atomic E-state index is -0.173. The average molecular weight is 329 g/mol. The maximum atomic E-state index is 11.9. The van der Waals surface area contributed by atoms with Crippen LogP contribution in [0.3, 0.4) is 0 Å². The fourth-order valence-electron chi connectivity index (χ4n) is 1.73. The molecular weight excluding hydrogens is 311 g/mol. The van der Waals surface area contributed by atoms with Crippen LogP contribution in [0.15, 0.2) is 36.7 Å². The van der Waals surface area contributed by atoms with Crippen LogP contribution in [-0.4, -0.2) is 28.3 Å². The third-order valence-corrected chi connectivity index (χ3v) is 3.29. The zero-order valence-electron chi connectivity index (χ0n) is 11.6. The molecule has 0 aliphatic carbocycles. The van der Waals surface area contributed by atoms with Crippen molar-refractivity contribution in [2.24, 2.45) is 5.73 Å². The summed E-state index contributed by atoms with van der Waals surface area (Å²) in [6, 6.07) is 7.50. The Balaban J connectivity index is 0.00000220. The monoisotopic (exact) mass is 328 g/mol. The molecule has 0 saturated heterocycles. The Bertz CT molecular complexity index is 600. The molecule has 1 atom stereocenters. The Morgan fingerprint density at radius 3 is 2.86 bits per heavy atom. The first-order valence-corrected chi connectivity index (χ1v) is 6.74. The van der Waals surface area contributed by atoms with E-state index in [-0.39, 0.29) is 24.4 Å². The predicted molar refractivity (Wildman–Crippen MR) is 86.0 cm³/mol. The van der Waals surface area contributed by atoms with E-state index in [1.807, 2.05) is 31.2 Å². The van der Waals surface area contributed by atoms with Gasteiger partial charge in [0.2, 0.25) is 0 Å². The van der Waals surface area contributed by atoms with Crippen molar-refractivity contribution in [3.63, 3.8) is 0 Å². The highest BCUT2D eigenvalue weighted by Gasteiger charge is 2.11. The first-order chi connectivity index (χ1) is 9.60. The van der Waals surface area contributed by atoms with Gasteiger partial charge < -0.3 is 11.1 Å². The number of nitrogens with one attached hydrogen (secondary N) is 1. The fourth-order valence-corrected chi connectivity index (χ4v) is 1.93. The van der Waals surface area contributed by atoms with Crippen LogP contribution in [0.2, 0.25) is 5.02 Å². The number of hydrogen-bond acceptors (Lipinski definition) is 3. The molecule has 0 aliphatic rings. The van der Waals surface area contributed by atoms with Gasteiger partial charge in [-0.25, -0.2) is 0 Å². The van der Waals surface area contributed by atoms with Crippen molar-refractivity contribution in [3.8, 4) is 0 Å². The van der Waals surface area contributed by atoms with Gasteiger partial charge in [0.25, 0.3) is 5.91 Å². The summed E-state index contributed by atoms with van der Waals surface area (Å²) in [5, 5.41) is 7.65. The highest BCUT2D eigenvalue weighted by Crippen LogP contribution is 2.16. The van der Waals surface area contributed by atoms with Crippen molar-refractivity contribution in [2.45, 2.75) is 19.5 Å². The zero-order valence-corrected chi connectivity index (χ0v) is 13.2. The van der Waals surface area contributed by atoms with Gasteiger partial charge in [-0.1, -0.05) is 29.8 Å². The van der Waals surface area contributed by atoms with Gasteiger partial charge in [0.15, 0.2) is 0 Å². The molecule has 1 aromatic heterocycles. The molecule has 2 rings (SSSR count). The van der Waals surface area contributed by atoms with E-state index in [9.17, 15) is 4.79 Å². The van der Waals surface area contributed by atoms with E-state index in [4.69, 9.17) is 17.3 Å². The largest absolute Gasteiger partial charge is 0.348 e. The Kier molecular flexibility index (Phi) is 6.68. The molecule has 0 radical (unpaired) electrons. The molecular formula is C14H18Cl2N4O. The standard InChI is InChI=1S/C14H17ClN4O.ClH/c1-10(6-16)18-14(20)12-7-17-19(9-12)8-11-4-2-3-5-13(11)15;/h2-5,7,9-10H,6,8,16H2,1H3,(H,18,20);1H/t10-;/m0./s1. The van der Waals surface area contributed by atoms with E-state index in [0.717, 1.165) is 5.56 Å². The van der Waals surface area contributed by atoms with Gasteiger partial charge >= 0.3 is 0 Å². The molecule has 0 aliphatic heterocycles. The lowest BCUT2D eigenvalue weighted by atomic mass is 10.2. The zero-order chi connectivity index (χ0) is 14.5. The van der Waals surface area contributed by atoms with Crippen LogP contribution in [-0.2, 0) is 6.54 Å². The number of halogens is 2. The van der Waals surface area contributed by atoms with Gasteiger partial charge in [0.1, 0.15) is 0 Å². The number of rotatable bonds is 5. The Morgan fingerprint density at radius 2 is 2.19 bits per heavy atom. The van der Waals surface area contributed by atoms with Crippen LogP contribution >= 0.6 is 24.0 Å². The Morgan fingerprint density at radius 1 is 1.48 bits per heavy atom. The number of hydrogen-bond donors (Lipinski definition) is 2. The van der Waals surface area contributed by atoms with Crippen molar-refractivity contribution in [3.05, 3.63) is 52.8 Å². The highest BCUT2D eigenvalue weighted by atomic mass is 35.5. The number of carbonyl (C=O) groups excluding carboxylic acids is 1. The molecule has 3 N–H and O–H groups in total. The lowest BCUT2D eigenvalue weighted by molar-refractivity contribution is 0.0941. The summed E-state index contributed by atoms with van der Waals surface area (Å²) in [6.07, 6.45) is 3.23. The summed E-state index contributed by atoms with van der Waals surface area (Å²) >= 11 is 6.10. The molecule has 0 fully saturated rings. The summed E-state index contributed by atoms with van der Waals surface area (Å²) in [6.45, 7) is 2.78. The predicted octanol–water partition coefficient (Wildman–Crippen LogP) is 2.08. The molecule has 0 spiro atoms. The summed E-state index contributed by atoms with van der Waals surface area (Å²) in [5.74, 6) is -0.173. The number of nitrogens with two attached hydrogens (primary N) is 1. The van der Waals surface area contributed by atoms with Gasteiger partial charge in [-0.05, 0) is 18.6 Å². The second kappa shape index (κ2) is 8.02. The number of carbonyl (C=O) groups is 1.